The van der Waals surface area contributed by atoms with Gasteiger partial charge in [0.1, 0.15) is 6.04 Å². The number of rotatable bonds is 6. The van der Waals surface area contributed by atoms with E-state index in [1.165, 1.54) is 0 Å². The van der Waals surface area contributed by atoms with Crippen LogP contribution in [-0.4, -0.2) is 71.4 Å². The van der Waals surface area contributed by atoms with Gasteiger partial charge in [-0.25, -0.2) is 0 Å². The van der Waals surface area contributed by atoms with Crippen molar-refractivity contribution >= 4 is 11.8 Å². The minimum Gasteiger partial charge on any atom is -0.353 e. The maximum atomic E-state index is 12.8. The summed E-state index contributed by atoms with van der Waals surface area (Å²) in [6.45, 7) is 2.34. The van der Waals surface area contributed by atoms with Gasteiger partial charge in [-0.2, -0.15) is 0 Å². The number of fused-ring (bicyclic) bond motifs is 1. The number of carbonyl (C=O) groups is 2. The molecule has 0 unspecified atom stereocenters. The van der Waals surface area contributed by atoms with Crippen LogP contribution in [0.5, 0.6) is 0 Å². The first-order valence-corrected chi connectivity index (χ1v) is 9.44. The maximum absolute atomic E-state index is 12.8. The average Bonchev–Trinajstić information content (AvgIpc) is 3.05. The van der Waals surface area contributed by atoms with Crippen LogP contribution in [0.2, 0.25) is 0 Å². The lowest BCUT2D eigenvalue weighted by Crippen LogP contribution is -2.49. The predicted molar refractivity (Wildman–Crippen MR) is 102 cm³/mol. The second-order valence-corrected chi connectivity index (χ2v) is 7.18. The van der Waals surface area contributed by atoms with E-state index in [9.17, 15) is 9.59 Å². The molecular weight excluding hydrogens is 342 g/mol. The van der Waals surface area contributed by atoms with Crippen LogP contribution in [0.15, 0.2) is 24.4 Å². The van der Waals surface area contributed by atoms with Gasteiger partial charge in [0.05, 0.1) is 12.2 Å². The Hall–Kier alpha value is -2.43. The number of pyridine rings is 1. The van der Waals surface area contributed by atoms with Crippen molar-refractivity contribution in [3.8, 4) is 12.3 Å². The number of terminal acetylenes is 1. The molecule has 0 aromatic carbocycles. The lowest BCUT2D eigenvalue weighted by molar-refractivity contribution is -0.126. The molecule has 0 aliphatic carbocycles. The van der Waals surface area contributed by atoms with Crippen molar-refractivity contribution in [2.75, 3.05) is 26.7 Å². The molecule has 0 spiro atoms. The molecule has 3 heterocycles. The van der Waals surface area contributed by atoms with Crippen LogP contribution < -0.4 is 10.6 Å². The summed E-state index contributed by atoms with van der Waals surface area (Å²) < 4.78 is 0. The molecule has 3 rings (SSSR count). The number of hydrogen-bond donors (Lipinski definition) is 2. The number of nitrogens with zero attached hydrogens (tertiary/aromatic N) is 3. The van der Waals surface area contributed by atoms with Crippen molar-refractivity contribution in [2.45, 2.75) is 43.9 Å². The van der Waals surface area contributed by atoms with E-state index in [0.717, 1.165) is 18.7 Å². The second-order valence-electron chi connectivity index (χ2n) is 7.18. The zero-order valence-electron chi connectivity index (χ0n) is 15.7. The molecule has 1 aromatic rings. The minimum absolute atomic E-state index is 0.0447. The van der Waals surface area contributed by atoms with Crippen LogP contribution in [0.1, 0.15) is 25.0 Å². The third-order valence-corrected chi connectivity index (χ3v) is 5.53. The summed E-state index contributed by atoms with van der Waals surface area (Å²) in [6.07, 6.45) is 8.98. The predicted octanol–water partition coefficient (Wildman–Crippen LogP) is -0.0157. The largest absolute Gasteiger partial charge is 0.353 e. The average molecular weight is 369 g/mol. The van der Waals surface area contributed by atoms with Crippen LogP contribution in [0.3, 0.4) is 0 Å². The van der Waals surface area contributed by atoms with E-state index in [0.29, 0.717) is 25.9 Å². The Bertz CT molecular complexity index is 702. The van der Waals surface area contributed by atoms with E-state index < -0.39 is 0 Å². The van der Waals surface area contributed by atoms with Crippen molar-refractivity contribution in [3.05, 3.63) is 30.1 Å². The molecule has 0 bridgehead atoms. The summed E-state index contributed by atoms with van der Waals surface area (Å²) >= 11 is 0. The van der Waals surface area contributed by atoms with E-state index in [1.54, 1.807) is 6.20 Å². The summed E-state index contributed by atoms with van der Waals surface area (Å²) in [5.41, 5.74) is 0.972. The quantitative estimate of drug-likeness (QED) is 0.690. The summed E-state index contributed by atoms with van der Waals surface area (Å²) in [6, 6.07) is 5.95. The molecule has 7 heteroatoms. The Morgan fingerprint density at radius 1 is 1.48 bits per heavy atom. The lowest BCUT2D eigenvalue weighted by Gasteiger charge is -2.33. The Morgan fingerprint density at radius 2 is 2.33 bits per heavy atom. The molecule has 2 N–H and O–H groups in total. The highest BCUT2D eigenvalue weighted by molar-refractivity contribution is 5.83. The van der Waals surface area contributed by atoms with Gasteiger partial charge in [-0.1, -0.05) is 12.0 Å². The van der Waals surface area contributed by atoms with Gasteiger partial charge >= 0.3 is 0 Å². The Morgan fingerprint density at radius 3 is 3.07 bits per heavy atom. The topological polar surface area (TPSA) is 77.6 Å². The smallest absolute Gasteiger partial charge is 0.239 e. The van der Waals surface area contributed by atoms with Gasteiger partial charge < -0.3 is 10.6 Å². The van der Waals surface area contributed by atoms with E-state index in [2.05, 4.69) is 38.4 Å². The minimum atomic E-state index is -0.183. The van der Waals surface area contributed by atoms with Crippen molar-refractivity contribution in [1.29, 1.82) is 0 Å². The number of hydrogen-bond acceptors (Lipinski definition) is 5. The molecular formula is C20H27N5O2. The zero-order chi connectivity index (χ0) is 19.2. The monoisotopic (exact) mass is 369 g/mol. The van der Waals surface area contributed by atoms with Crippen LogP contribution in [0.25, 0.3) is 0 Å². The van der Waals surface area contributed by atoms with Crippen molar-refractivity contribution in [1.82, 2.24) is 25.4 Å². The van der Waals surface area contributed by atoms with Crippen molar-refractivity contribution in [2.24, 2.45) is 0 Å². The van der Waals surface area contributed by atoms with Gasteiger partial charge in [0, 0.05) is 44.3 Å². The molecule has 0 radical (unpaired) electrons. The van der Waals surface area contributed by atoms with Crippen LogP contribution in [-0.2, 0) is 16.1 Å². The molecule has 2 aliphatic heterocycles. The Balaban J connectivity index is 1.63. The fraction of sp³-hybridized carbons (Fsp3) is 0.550. The fourth-order valence-electron chi connectivity index (χ4n) is 4.06. The highest BCUT2D eigenvalue weighted by atomic mass is 16.2. The molecule has 2 aliphatic rings. The standard InChI is InChI=1S/C20H27N5O2/c1-3-10-22-18(26)8-7-16-13-23-20(27)19-17(24(16)2)9-12-25(19)14-15-6-4-5-11-21-15/h1,4-6,11,16-17,19H,7-10,12-14H2,2H3,(H,22,26)(H,23,27)/t16-,17-,19-/m0/s1. The molecule has 0 saturated carbocycles. The zero-order valence-corrected chi connectivity index (χ0v) is 15.7. The number of amides is 2. The molecule has 2 saturated heterocycles. The van der Waals surface area contributed by atoms with E-state index in [-0.39, 0.29) is 36.5 Å². The van der Waals surface area contributed by atoms with Gasteiger partial charge in [0.15, 0.2) is 0 Å². The molecule has 1 aromatic heterocycles. The summed E-state index contributed by atoms with van der Waals surface area (Å²) in [5, 5.41) is 5.77. The second kappa shape index (κ2) is 8.98. The first kappa shape index (κ1) is 19.3. The van der Waals surface area contributed by atoms with Crippen LogP contribution in [0, 0.1) is 12.3 Å². The Labute approximate surface area is 160 Å². The summed E-state index contributed by atoms with van der Waals surface area (Å²) in [7, 11) is 2.06. The number of likely N-dealkylation sites (N-methyl/N-ethyl adjacent to an activating group) is 1. The number of carbonyl (C=O) groups excluding carboxylic acids is 2. The van der Waals surface area contributed by atoms with E-state index >= 15 is 0 Å². The first-order valence-electron chi connectivity index (χ1n) is 9.44. The highest BCUT2D eigenvalue weighted by Gasteiger charge is 2.44. The SMILES string of the molecule is C#CCNC(=O)CC[C@H]1CNC(=O)[C@@H]2[C@H](CCN2Cc2ccccn2)N1C. The Kier molecular flexibility index (Phi) is 6.43. The van der Waals surface area contributed by atoms with Gasteiger partial charge in [0.25, 0.3) is 0 Å². The maximum Gasteiger partial charge on any atom is 0.239 e. The molecule has 3 atom stereocenters. The number of aromatic nitrogens is 1. The molecule has 144 valence electrons. The van der Waals surface area contributed by atoms with E-state index in [1.807, 2.05) is 18.2 Å². The van der Waals surface area contributed by atoms with Gasteiger partial charge in [0.2, 0.25) is 11.8 Å². The molecule has 2 fully saturated rings. The molecule has 2 amide bonds. The summed E-state index contributed by atoms with van der Waals surface area (Å²) in [4.78, 5) is 33.5. The molecule has 27 heavy (non-hydrogen) atoms. The normalized spacial score (nSPS) is 25.9. The number of likely N-dealkylation sites (tertiary alicyclic amines) is 1. The fourth-order valence-corrected chi connectivity index (χ4v) is 4.06. The van der Waals surface area contributed by atoms with Gasteiger partial charge in [-0.15, -0.1) is 6.42 Å². The number of nitrogens with one attached hydrogen (secondary N) is 2. The van der Waals surface area contributed by atoms with Gasteiger partial charge in [-0.05, 0) is 32.0 Å². The first-order chi connectivity index (χ1) is 13.1. The van der Waals surface area contributed by atoms with Crippen LogP contribution in [0.4, 0.5) is 0 Å². The van der Waals surface area contributed by atoms with E-state index in [4.69, 9.17) is 6.42 Å². The summed E-state index contributed by atoms with van der Waals surface area (Å²) in [5.74, 6) is 2.43. The van der Waals surface area contributed by atoms with Crippen LogP contribution >= 0.6 is 0 Å². The highest BCUT2D eigenvalue weighted by Crippen LogP contribution is 2.28. The third kappa shape index (κ3) is 4.65. The van der Waals surface area contributed by atoms with Crippen molar-refractivity contribution < 1.29 is 9.59 Å². The van der Waals surface area contributed by atoms with Gasteiger partial charge in [-0.3, -0.25) is 24.4 Å². The van der Waals surface area contributed by atoms with Crippen molar-refractivity contribution in [3.63, 3.8) is 0 Å². The third-order valence-electron chi connectivity index (χ3n) is 5.53. The molecule has 7 nitrogen and oxygen atoms in total. The lowest BCUT2D eigenvalue weighted by atomic mass is 10.0.